The molecule has 0 fully saturated rings. The Balaban J connectivity index is 2.07. The van der Waals surface area contributed by atoms with E-state index in [2.05, 4.69) is 0 Å². The fourth-order valence-corrected chi connectivity index (χ4v) is 2.61. The third-order valence-electron chi connectivity index (χ3n) is 2.31. The molecule has 0 heterocycles. The van der Waals surface area contributed by atoms with Gasteiger partial charge in [0.2, 0.25) is 0 Å². The molecule has 0 unspecified atom stereocenters. The van der Waals surface area contributed by atoms with Crippen LogP contribution in [0.15, 0.2) is 47.4 Å². The lowest BCUT2D eigenvalue weighted by molar-refractivity contribution is 1.38. The Kier molecular flexibility index (Phi) is 4.21. The molecule has 0 aromatic heterocycles. The van der Waals surface area contributed by atoms with E-state index in [1.54, 1.807) is 17.8 Å². The van der Waals surface area contributed by atoms with Gasteiger partial charge in [0, 0.05) is 26.4 Å². The summed E-state index contributed by atoms with van der Waals surface area (Å²) >= 11 is 13.5. The van der Waals surface area contributed by atoms with E-state index in [1.807, 2.05) is 36.4 Å². The zero-order chi connectivity index (χ0) is 12.3. The molecule has 0 spiro atoms. The van der Waals surface area contributed by atoms with Gasteiger partial charge >= 0.3 is 0 Å². The summed E-state index contributed by atoms with van der Waals surface area (Å²) in [5, 5.41) is 1.46. The summed E-state index contributed by atoms with van der Waals surface area (Å²) in [5.41, 5.74) is 7.71. The van der Waals surface area contributed by atoms with E-state index in [-0.39, 0.29) is 0 Å². The number of halogens is 2. The molecule has 0 atom stereocenters. The maximum absolute atomic E-state index is 5.94. The van der Waals surface area contributed by atoms with E-state index >= 15 is 0 Å². The lowest BCUT2D eigenvalue weighted by Crippen LogP contribution is -1.92. The van der Waals surface area contributed by atoms with Gasteiger partial charge in [0.25, 0.3) is 0 Å². The average Bonchev–Trinajstić information content (AvgIpc) is 2.32. The van der Waals surface area contributed by atoms with E-state index in [0.29, 0.717) is 5.02 Å². The first-order valence-electron chi connectivity index (χ1n) is 5.07. The van der Waals surface area contributed by atoms with Gasteiger partial charge in [-0.05, 0) is 48.0 Å². The van der Waals surface area contributed by atoms with Gasteiger partial charge in [0.05, 0.1) is 0 Å². The van der Waals surface area contributed by atoms with Crippen molar-refractivity contribution in [3.8, 4) is 0 Å². The number of nitrogen functional groups attached to an aromatic ring is 1. The zero-order valence-electron chi connectivity index (χ0n) is 8.99. The fraction of sp³-hybridized carbons (Fsp3) is 0.0769. The van der Waals surface area contributed by atoms with Crippen molar-refractivity contribution in [1.82, 2.24) is 0 Å². The monoisotopic (exact) mass is 283 g/mol. The first-order chi connectivity index (χ1) is 8.15. The van der Waals surface area contributed by atoms with Gasteiger partial charge in [-0.1, -0.05) is 23.2 Å². The highest BCUT2D eigenvalue weighted by atomic mass is 35.5. The van der Waals surface area contributed by atoms with E-state index in [4.69, 9.17) is 28.9 Å². The molecule has 2 rings (SSSR count). The number of hydrogen-bond donors (Lipinski definition) is 1. The minimum atomic E-state index is 0.714. The number of rotatable bonds is 3. The highest BCUT2D eigenvalue weighted by Crippen LogP contribution is 2.28. The van der Waals surface area contributed by atoms with Crippen molar-refractivity contribution < 1.29 is 0 Å². The van der Waals surface area contributed by atoms with Gasteiger partial charge in [-0.25, -0.2) is 0 Å². The maximum Gasteiger partial charge on any atom is 0.0410 e. The van der Waals surface area contributed by atoms with Crippen LogP contribution < -0.4 is 5.73 Å². The zero-order valence-corrected chi connectivity index (χ0v) is 11.3. The minimum absolute atomic E-state index is 0.714. The van der Waals surface area contributed by atoms with Gasteiger partial charge in [-0.2, -0.15) is 0 Å². The molecule has 17 heavy (non-hydrogen) atoms. The first-order valence-corrected chi connectivity index (χ1v) is 6.81. The summed E-state index contributed by atoms with van der Waals surface area (Å²) in [6.07, 6.45) is 0. The number of thioether (sulfide) groups is 1. The number of nitrogens with two attached hydrogens (primary N) is 1. The van der Waals surface area contributed by atoms with Gasteiger partial charge in [-0.3, -0.25) is 0 Å². The van der Waals surface area contributed by atoms with Crippen molar-refractivity contribution in [2.45, 2.75) is 10.6 Å². The largest absolute Gasteiger partial charge is 0.398 e. The molecule has 88 valence electrons. The SMILES string of the molecule is Nc1ccc(Cl)cc1CSc1ccc(Cl)cc1. The van der Waals surface area contributed by atoms with Crippen LogP contribution in [0.2, 0.25) is 10.0 Å². The molecule has 0 radical (unpaired) electrons. The third-order valence-corrected chi connectivity index (χ3v) is 3.86. The summed E-state index contributed by atoms with van der Waals surface area (Å²) in [5.74, 6) is 0.800. The summed E-state index contributed by atoms with van der Waals surface area (Å²) in [6.45, 7) is 0. The van der Waals surface area contributed by atoms with Crippen LogP contribution in [-0.4, -0.2) is 0 Å². The number of benzene rings is 2. The molecule has 2 aromatic carbocycles. The molecule has 0 aliphatic rings. The van der Waals surface area contributed by atoms with E-state index < -0.39 is 0 Å². The molecule has 0 aliphatic carbocycles. The van der Waals surface area contributed by atoms with Crippen LogP contribution in [0.25, 0.3) is 0 Å². The van der Waals surface area contributed by atoms with Crippen molar-refractivity contribution in [3.63, 3.8) is 0 Å². The van der Waals surface area contributed by atoms with Crippen LogP contribution in [0.5, 0.6) is 0 Å². The molecule has 0 aliphatic heterocycles. The van der Waals surface area contributed by atoms with Crippen molar-refractivity contribution in [2.24, 2.45) is 0 Å². The minimum Gasteiger partial charge on any atom is -0.398 e. The molecule has 0 bridgehead atoms. The summed E-state index contributed by atoms with van der Waals surface area (Å²) < 4.78 is 0. The fourth-order valence-electron chi connectivity index (χ4n) is 1.39. The highest BCUT2D eigenvalue weighted by molar-refractivity contribution is 7.98. The van der Waals surface area contributed by atoms with E-state index in [1.165, 1.54) is 0 Å². The first kappa shape index (κ1) is 12.6. The van der Waals surface area contributed by atoms with Crippen LogP contribution in [0.4, 0.5) is 5.69 Å². The molecular formula is C13H11Cl2NS. The van der Waals surface area contributed by atoms with Crippen molar-refractivity contribution in [3.05, 3.63) is 58.1 Å². The third kappa shape index (κ3) is 3.56. The smallest absolute Gasteiger partial charge is 0.0410 e. The second-order valence-electron chi connectivity index (χ2n) is 3.59. The Morgan fingerprint density at radius 1 is 0.941 bits per heavy atom. The second kappa shape index (κ2) is 5.67. The molecule has 1 nitrogen and oxygen atoms in total. The summed E-state index contributed by atoms with van der Waals surface area (Å²) in [7, 11) is 0. The van der Waals surface area contributed by atoms with Crippen LogP contribution in [0.1, 0.15) is 5.56 Å². The molecule has 0 amide bonds. The Morgan fingerprint density at radius 2 is 1.59 bits per heavy atom. The predicted molar refractivity (Wildman–Crippen MR) is 76.9 cm³/mol. The molecule has 4 heteroatoms. The van der Waals surface area contributed by atoms with Crippen LogP contribution >= 0.6 is 35.0 Å². The lowest BCUT2D eigenvalue weighted by Gasteiger charge is -2.06. The van der Waals surface area contributed by atoms with Crippen LogP contribution in [0, 0.1) is 0 Å². The van der Waals surface area contributed by atoms with Crippen LogP contribution in [0.3, 0.4) is 0 Å². The topological polar surface area (TPSA) is 26.0 Å². The Hall–Kier alpha value is -0.830. The van der Waals surface area contributed by atoms with Crippen molar-refractivity contribution in [2.75, 3.05) is 5.73 Å². The maximum atomic E-state index is 5.94. The Labute approximate surface area is 115 Å². The van der Waals surface area contributed by atoms with Gasteiger partial charge < -0.3 is 5.73 Å². The predicted octanol–water partition coefficient (Wildman–Crippen LogP) is 4.87. The number of anilines is 1. The summed E-state index contributed by atoms with van der Waals surface area (Å²) in [6, 6.07) is 13.3. The average molecular weight is 284 g/mol. The van der Waals surface area contributed by atoms with Gasteiger partial charge in [0.15, 0.2) is 0 Å². The lowest BCUT2D eigenvalue weighted by atomic mass is 10.2. The van der Waals surface area contributed by atoms with Crippen LogP contribution in [-0.2, 0) is 5.75 Å². The molecular weight excluding hydrogens is 273 g/mol. The molecule has 0 saturated heterocycles. The van der Waals surface area contributed by atoms with E-state index in [9.17, 15) is 0 Å². The number of hydrogen-bond acceptors (Lipinski definition) is 2. The van der Waals surface area contributed by atoms with Gasteiger partial charge in [-0.15, -0.1) is 11.8 Å². The highest BCUT2D eigenvalue weighted by Gasteiger charge is 2.02. The normalized spacial score (nSPS) is 10.5. The second-order valence-corrected chi connectivity index (χ2v) is 5.51. The molecule has 0 saturated carbocycles. The quantitative estimate of drug-likeness (QED) is 0.643. The van der Waals surface area contributed by atoms with Crippen molar-refractivity contribution in [1.29, 1.82) is 0 Å². The van der Waals surface area contributed by atoms with Crippen molar-refractivity contribution >= 4 is 40.7 Å². The Bertz CT molecular complexity index is 511. The van der Waals surface area contributed by atoms with Gasteiger partial charge in [0.1, 0.15) is 0 Å². The standard InChI is InChI=1S/C13H11Cl2NS/c14-10-1-4-12(5-2-10)17-8-9-7-11(15)3-6-13(9)16/h1-7H,8,16H2. The Morgan fingerprint density at radius 3 is 2.29 bits per heavy atom. The molecule has 2 N–H and O–H groups in total. The molecule has 2 aromatic rings. The van der Waals surface area contributed by atoms with E-state index in [0.717, 1.165) is 26.9 Å². The summed E-state index contributed by atoms with van der Waals surface area (Å²) in [4.78, 5) is 1.16.